The molecule has 5 aromatic rings. The molecule has 1 aromatic carbocycles. The molecular weight excluding hydrogens is 477 g/mol. The van der Waals surface area contributed by atoms with Crippen LogP contribution < -0.4 is 10.1 Å². The standard InChI is InChI=1S/C23H19F3N8O2/c1-12-8-21(36-23(25)26)32-34(12)22-14(13(2)35)5-6-20(30-22)33-11-27-17-10-16(15(24)9-18(17)33)29-19-4-3-7-28-31-19/h3-11,13,23,35H,1-2H3,(H,29,31)/t13-/m0/s1. The lowest BCUT2D eigenvalue weighted by Gasteiger charge is -2.15. The highest BCUT2D eigenvalue weighted by Crippen LogP contribution is 2.28. The predicted octanol–water partition coefficient (Wildman–Crippen LogP) is 4.24. The Morgan fingerprint density at radius 3 is 2.69 bits per heavy atom. The van der Waals surface area contributed by atoms with Crippen LogP contribution >= 0.6 is 0 Å². The van der Waals surface area contributed by atoms with Crippen molar-refractivity contribution in [2.75, 3.05) is 5.32 Å². The van der Waals surface area contributed by atoms with E-state index in [1.54, 1.807) is 42.7 Å². The quantitative estimate of drug-likeness (QED) is 0.344. The Hall–Kier alpha value is -4.52. The number of aryl methyl sites for hydroxylation is 1. The maximum Gasteiger partial charge on any atom is 0.388 e. The summed E-state index contributed by atoms with van der Waals surface area (Å²) in [4.78, 5) is 8.95. The lowest BCUT2D eigenvalue weighted by molar-refractivity contribution is -0.0530. The Labute approximate surface area is 202 Å². The van der Waals surface area contributed by atoms with Crippen LogP contribution in [0.1, 0.15) is 24.3 Å². The van der Waals surface area contributed by atoms with E-state index in [2.05, 4.69) is 35.3 Å². The van der Waals surface area contributed by atoms with Gasteiger partial charge in [-0.3, -0.25) is 4.57 Å². The minimum absolute atomic E-state index is 0.171. The van der Waals surface area contributed by atoms with Crippen LogP contribution in [-0.4, -0.2) is 46.2 Å². The third-order valence-corrected chi connectivity index (χ3v) is 5.33. The van der Waals surface area contributed by atoms with Gasteiger partial charge in [-0.15, -0.1) is 10.2 Å². The second-order valence-corrected chi connectivity index (χ2v) is 7.84. The number of ether oxygens (including phenoxy) is 1. The fourth-order valence-corrected chi connectivity index (χ4v) is 3.70. The van der Waals surface area contributed by atoms with Gasteiger partial charge in [0, 0.05) is 29.6 Å². The van der Waals surface area contributed by atoms with Gasteiger partial charge in [-0.2, -0.15) is 13.9 Å². The molecular formula is C23H19F3N8O2. The molecule has 36 heavy (non-hydrogen) atoms. The fourth-order valence-electron chi connectivity index (χ4n) is 3.70. The molecule has 0 aliphatic rings. The Balaban J connectivity index is 1.57. The van der Waals surface area contributed by atoms with Crippen molar-refractivity contribution in [3.05, 3.63) is 72.1 Å². The van der Waals surface area contributed by atoms with Crippen LogP contribution in [0.25, 0.3) is 22.7 Å². The van der Waals surface area contributed by atoms with Crippen molar-refractivity contribution < 1.29 is 23.0 Å². The molecule has 4 aromatic heterocycles. The van der Waals surface area contributed by atoms with Gasteiger partial charge in [0.25, 0.3) is 0 Å². The molecule has 2 N–H and O–H groups in total. The lowest BCUT2D eigenvalue weighted by Crippen LogP contribution is -2.11. The molecule has 0 spiro atoms. The summed E-state index contributed by atoms with van der Waals surface area (Å²) in [6.45, 7) is 0.145. The van der Waals surface area contributed by atoms with Crippen LogP contribution in [0.4, 0.5) is 24.7 Å². The third kappa shape index (κ3) is 4.43. The molecule has 0 unspecified atom stereocenters. The first-order valence-corrected chi connectivity index (χ1v) is 10.7. The topological polar surface area (TPSA) is 116 Å². The van der Waals surface area contributed by atoms with Crippen LogP contribution in [0, 0.1) is 12.7 Å². The minimum Gasteiger partial charge on any atom is -0.415 e. The maximum atomic E-state index is 15.0. The average Bonchev–Trinajstić information content (AvgIpc) is 3.41. The van der Waals surface area contributed by atoms with Gasteiger partial charge in [-0.25, -0.2) is 19.0 Å². The number of anilines is 2. The lowest BCUT2D eigenvalue weighted by atomic mass is 10.1. The van der Waals surface area contributed by atoms with Crippen molar-refractivity contribution in [2.24, 2.45) is 0 Å². The number of aliphatic hydroxyl groups excluding tert-OH is 1. The Kier molecular flexibility index (Phi) is 5.98. The van der Waals surface area contributed by atoms with E-state index >= 15 is 0 Å². The number of alkyl halides is 2. The van der Waals surface area contributed by atoms with Crippen molar-refractivity contribution in [2.45, 2.75) is 26.6 Å². The third-order valence-electron chi connectivity index (χ3n) is 5.33. The molecule has 13 heteroatoms. The zero-order valence-electron chi connectivity index (χ0n) is 19.0. The molecule has 1 atom stereocenters. The van der Waals surface area contributed by atoms with Crippen molar-refractivity contribution in [1.82, 2.24) is 34.5 Å². The molecule has 0 aliphatic heterocycles. The molecule has 0 saturated carbocycles. The molecule has 4 heterocycles. The Bertz CT molecular complexity index is 1540. The van der Waals surface area contributed by atoms with E-state index in [0.29, 0.717) is 33.9 Å². The summed E-state index contributed by atoms with van der Waals surface area (Å²) >= 11 is 0. The average molecular weight is 496 g/mol. The van der Waals surface area contributed by atoms with Crippen molar-refractivity contribution in [3.63, 3.8) is 0 Å². The first-order chi connectivity index (χ1) is 17.3. The highest BCUT2D eigenvalue weighted by Gasteiger charge is 2.19. The van der Waals surface area contributed by atoms with E-state index in [-0.39, 0.29) is 17.4 Å². The number of rotatable bonds is 7. The van der Waals surface area contributed by atoms with E-state index < -0.39 is 18.5 Å². The molecule has 0 saturated heterocycles. The number of halogens is 3. The Morgan fingerprint density at radius 2 is 1.97 bits per heavy atom. The molecule has 0 radical (unpaired) electrons. The van der Waals surface area contributed by atoms with Gasteiger partial charge >= 0.3 is 6.61 Å². The predicted molar refractivity (Wildman–Crippen MR) is 123 cm³/mol. The number of fused-ring (bicyclic) bond motifs is 1. The summed E-state index contributed by atoms with van der Waals surface area (Å²) in [6.07, 6.45) is 2.05. The number of hydrogen-bond acceptors (Lipinski definition) is 8. The van der Waals surface area contributed by atoms with Crippen LogP contribution in [0.2, 0.25) is 0 Å². The molecule has 5 rings (SSSR count). The second-order valence-electron chi connectivity index (χ2n) is 7.84. The van der Waals surface area contributed by atoms with Gasteiger partial charge in [0.2, 0.25) is 5.88 Å². The van der Waals surface area contributed by atoms with E-state index in [9.17, 15) is 18.3 Å². The zero-order valence-corrected chi connectivity index (χ0v) is 19.0. The highest BCUT2D eigenvalue weighted by atomic mass is 19.3. The number of nitrogens with zero attached hydrogens (tertiary/aromatic N) is 7. The summed E-state index contributed by atoms with van der Waals surface area (Å²) in [5.74, 6) is 0.0847. The second kappa shape index (κ2) is 9.26. The SMILES string of the molecule is Cc1cc(OC(F)F)nn1-c1nc(-n2cnc3cc(Nc4cccnn4)c(F)cc32)ccc1[C@H](C)O. The molecule has 0 aliphatic carbocycles. The van der Waals surface area contributed by atoms with E-state index in [1.165, 1.54) is 35.4 Å². The maximum absolute atomic E-state index is 15.0. The van der Waals surface area contributed by atoms with Crippen molar-refractivity contribution >= 4 is 22.5 Å². The molecule has 0 fully saturated rings. The van der Waals surface area contributed by atoms with Gasteiger partial charge in [0.15, 0.2) is 11.6 Å². The Morgan fingerprint density at radius 1 is 1.14 bits per heavy atom. The first-order valence-electron chi connectivity index (χ1n) is 10.7. The zero-order chi connectivity index (χ0) is 25.4. The van der Waals surface area contributed by atoms with Crippen molar-refractivity contribution in [1.29, 1.82) is 0 Å². The van der Waals surface area contributed by atoms with Crippen LogP contribution in [0.5, 0.6) is 5.88 Å². The fraction of sp³-hybridized carbons (Fsp3) is 0.174. The van der Waals surface area contributed by atoms with Gasteiger partial charge in [-0.1, -0.05) is 0 Å². The molecule has 0 amide bonds. The van der Waals surface area contributed by atoms with E-state index in [4.69, 9.17) is 0 Å². The van der Waals surface area contributed by atoms with Crippen LogP contribution in [0.3, 0.4) is 0 Å². The molecule has 10 nitrogen and oxygen atoms in total. The number of hydrogen-bond donors (Lipinski definition) is 2. The van der Waals surface area contributed by atoms with Crippen molar-refractivity contribution in [3.8, 4) is 17.5 Å². The smallest absolute Gasteiger partial charge is 0.388 e. The normalized spacial score (nSPS) is 12.3. The van der Waals surface area contributed by atoms with Gasteiger partial charge < -0.3 is 15.2 Å². The summed E-state index contributed by atoms with van der Waals surface area (Å²) < 4.78 is 47.6. The van der Waals surface area contributed by atoms with Gasteiger partial charge in [-0.05, 0) is 44.2 Å². The van der Waals surface area contributed by atoms with E-state index in [1.807, 2.05) is 0 Å². The number of nitrogens with one attached hydrogen (secondary N) is 1. The molecule has 184 valence electrons. The minimum atomic E-state index is -3.04. The largest absolute Gasteiger partial charge is 0.415 e. The summed E-state index contributed by atoms with van der Waals surface area (Å²) in [6, 6.07) is 10.8. The summed E-state index contributed by atoms with van der Waals surface area (Å²) in [5, 5.41) is 24.8. The number of aromatic nitrogens is 7. The summed E-state index contributed by atoms with van der Waals surface area (Å²) in [5.41, 5.74) is 1.94. The number of imidazole rings is 1. The highest BCUT2D eigenvalue weighted by molar-refractivity contribution is 5.82. The van der Waals surface area contributed by atoms with Crippen LogP contribution in [0.15, 0.2) is 55.0 Å². The first kappa shape index (κ1) is 23.2. The van der Waals surface area contributed by atoms with Crippen LogP contribution in [-0.2, 0) is 0 Å². The van der Waals surface area contributed by atoms with E-state index in [0.717, 1.165) is 0 Å². The summed E-state index contributed by atoms with van der Waals surface area (Å²) in [7, 11) is 0. The number of benzene rings is 1. The van der Waals surface area contributed by atoms with Gasteiger partial charge in [0.05, 0.1) is 22.8 Å². The monoisotopic (exact) mass is 496 g/mol. The van der Waals surface area contributed by atoms with Gasteiger partial charge in [0.1, 0.15) is 18.0 Å². The molecule has 0 bridgehead atoms. The number of aliphatic hydroxyl groups is 1. The number of pyridine rings is 1.